The highest BCUT2D eigenvalue weighted by Crippen LogP contribution is 2.37. The average molecular weight is 254 g/mol. The van der Waals surface area contributed by atoms with Gasteiger partial charge in [0.15, 0.2) is 5.78 Å². The maximum Gasteiger partial charge on any atom is 0.160 e. The van der Waals surface area contributed by atoms with Gasteiger partial charge in [-0.3, -0.25) is 4.79 Å². The Labute approximate surface area is 106 Å². The highest BCUT2D eigenvalue weighted by Gasteiger charge is 2.43. The van der Waals surface area contributed by atoms with Gasteiger partial charge in [-0.15, -0.1) is 0 Å². The number of hydrogen-bond donors (Lipinski definition) is 2. The van der Waals surface area contributed by atoms with Crippen molar-refractivity contribution < 1.29 is 9.90 Å². The number of carbonyl (C=O) groups excluding carboxylic acids is 1. The van der Waals surface area contributed by atoms with Crippen molar-refractivity contribution in [2.45, 2.75) is 30.9 Å². The van der Waals surface area contributed by atoms with Crippen molar-refractivity contribution in [2.24, 2.45) is 0 Å². The van der Waals surface area contributed by atoms with Gasteiger partial charge >= 0.3 is 0 Å². The van der Waals surface area contributed by atoms with E-state index in [1.807, 2.05) is 18.2 Å². The van der Waals surface area contributed by atoms with Crippen LogP contribution in [0, 0.1) is 0 Å². The van der Waals surface area contributed by atoms with E-state index in [0.29, 0.717) is 17.9 Å². The Kier molecular flexibility index (Phi) is 3.52. The van der Waals surface area contributed by atoms with Crippen LogP contribution < -0.4 is 5.32 Å². The first-order valence-corrected chi connectivity index (χ1v) is 6.13. The van der Waals surface area contributed by atoms with Gasteiger partial charge in [0, 0.05) is 11.4 Å². The fraction of sp³-hybridized carbons (Fsp3) is 0.462. The first kappa shape index (κ1) is 12.6. The van der Waals surface area contributed by atoms with E-state index in [4.69, 9.17) is 11.6 Å². The molecule has 1 aliphatic rings. The van der Waals surface area contributed by atoms with E-state index in [9.17, 15) is 9.90 Å². The third-order valence-electron chi connectivity index (χ3n) is 3.51. The summed E-state index contributed by atoms with van der Waals surface area (Å²) in [6.07, 6.45) is 0.850. The van der Waals surface area contributed by atoms with E-state index >= 15 is 0 Å². The lowest BCUT2D eigenvalue weighted by Crippen LogP contribution is -2.51. The number of benzene rings is 1. The number of halogens is 1. The first-order valence-electron chi connectivity index (χ1n) is 5.75. The first-order chi connectivity index (χ1) is 8.10. The lowest BCUT2D eigenvalue weighted by Gasteiger charge is -2.38. The maximum atomic E-state index is 12.2. The Morgan fingerprint density at radius 3 is 2.76 bits per heavy atom. The summed E-state index contributed by atoms with van der Waals surface area (Å²) >= 11 is 6.17. The normalized spacial score (nSPS) is 29.4. The van der Waals surface area contributed by atoms with Crippen molar-refractivity contribution in [1.82, 2.24) is 5.32 Å². The third kappa shape index (κ3) is 2.10. The van der Waals surface area contributed by atoms with Crippen molar-refractivity contribution in [2.75, 3.05) is 7.05 Å². The second-order valence-electron chi connectivity index (χ2n) is 4.45. The molecule has 1 aliphatic carbocycles. The molecule has 1 saturated carbocycles. The van der Waals surface area contributed by atoms with E-state index < -0.39 is 11.6 Å². The standard InChI is InChI=1S/C13H16ClNO2/c1-15-13(7-6-9(16)8-12(13)17)10-4-2-3-5-11(10)14/h2-5,9,15-16H,6-8H2,1H3/t9-,13-/m1/s1. The SMILES string of the molecule is CN[C@@]1(c2ccccc2Cl)CC[C@@H](O)CC1=O. The molecule has 0 unspecified atom stereocenters. The fourth-order valence-corrected chi connectivity index (χ4v) is 2.80. The fourth-order valence-electron chi connectivity index (χ4n) is 2.50. The van der Waals surface area contributed by atoms with Crippen LogP contribution in [0.5, 0.6) is 0 Å². The molecule has 0 saturated heterocycles. The second-order valence-corrected chi connectivity index (χ2v) is 4.86. The van der Waals surface area contributed by atoms with Crippen LogP contribution in [0.4, 0.5) is 0 Å². The zero-order valence-corrected chi connectivity index (χ0v) is 10.5. The van der Waals surface area contributed by atoms with Gasteiger partial charge in [0.05, 0.1) is 6.10 Å². The van der Waals surface area contributed by atoms with Crippen molar-refractivity contribution in [3.05, 3.63) is 34.9 Å². The molecule has 92 valence electrons. The Morgan fingerprint density at radius 2 is 2.18 bits per heavy atom. The third-order valence-corrected chi connectivity index (χ3v) is 3.84. The molecule has 1 fully saturated rings. The molecule has 0 amide bonds. The topological polar surface area (TPSA) is 49.3 Å². The molecule has 0 bridgehead atoms. The van der Waals surface area contributed by atoms with Gasteiger partial charge in [-0.1, -0.05) is 29.8 Å². The van der Waals surface area contributed by atoms with Crippen LogP contribution >= 0.6 is 11.6 Å². The lowest BCUT2D eigenvalue weighted by molar-refractivity contribution is -0.131. The van der Waals surface area contributed by atoms with E-state index in [2.05, 4.69) is 5.32 Å². The highest BCUT2D eigenvalue weighted by molar-refractivity contribution is 6.31. The van der Waals surface area contributed by atoms with Crippen LogP contribution in [-0.2, 0) is 10.3 Å². The second kappa shape index (κ2) is 4.77. The lowest BCUT2D eigenvalue weighted by atomic mass is 9.74. The molecule has 0 heterocycles. The van der Waals surface area contributed by atoms with Crippen molar-refractivity contribution in [1.29, 1.82) is 0 Å². The molecule has 1 aromatic carbocycles. The van der Waals surface area contributed by atoms with Gasteiger partial charge in [-0.2, -0.15) is 0 Å². The number of Topliss-reactive ketones (excluding diaryl/α,β-unsaturated/α-hetero) is 1. The Balaban J connectivity index is 2.45. The molecule has 2 atom stereocenters. The zero-order valence-electron chi connectivity index (χ0n) is 9.74. The predicted octanol–water partition coefficient (Wildman–Crippen LogP) is 1.87. The van der Waals surface area contributed by atoms with Crippen molar-refractivity contribution >= 4 is 17.4 Å². The summed E-state index contributed by atoms with van der Waals surface area (Å²) in [5.74, 6) is 0.00634. The number of hydrogen-bond acceptors (Lipinski definition) is 3. The van der Waals surface area contributed by atoms with Crippen LogP contribution in [0.2, 0.25) is 5.02 Å². The summed E-state index contributed by atoms with van der Waals surface area (Å²) in [7, 11) is 1.76. The molecule has 2 rings (SSSR count). The van der Waals surface area contributed by atoms with Gasteiger partial charge in [-0.25, -0.2) is 0 Å². The molecule has 0 aromatic heterocycles. The summed E-state index contributed by atoms with van der Waals surface area (Å²) in [5.41, 5.74) is 0.0680. The van der Waals surface area contributed by atoms with E-state index in [0.717, 1.165) is 5.56 Å². The molecule has 17 heavy (non-hydrogen) atoms. The van der Waals surface area contributed by atoms with E-state index in [-0.39, 0.29) is 12.2 Å². The number of ketones is 1. The monoisotopic (exact) mass is 253 g/mol. The van der Waals surface area contributed by atoms with Gasteiger partial charge < -0.3 is 10.4 Å². The Morgan fingerprint density at radius 1 is 1.47 bits per heavy atom. The minimum absolute atomic E-state index is 0.00634. The summed E-state index contributed by atoms with van der Waals surface area (Å²) in [6.45, 7) is 0. The maximum absolute atomic E-state index is 12.2. The van der Waals surface area contributed by atoms with Gasteiger partial charge in [-0.05, 0) is 31.5 Å². The average Bonchev–Trinajstić information content (AvgIpc) is 2.31. The Hall–Kier alpha value is -0.900. The molecule has 3 nitrogen and oxygen atoms in total. The van der Waals surface area contributed by atoms with E-state index in [1.165, 1.54) is 0 Å². The zero-order chi connectivity index (χ0) is 12.5. The smallest absolute Gasteiger partial charge is 0.160 e. The van der Waals surface area contributed by atoms with Crippen LogP contribution in [0.3, 0.4) is 0 Å². The minimum Gasteiger partial charge on any atom is -0.393 e. The summed E-state index contributed by atoms with van der Waals surface area (Å²) in [6, 6.07) is 7.37. The molecular formula is C13H16ClNO2. The molecule has 2 N–H and O–H groups in total. The number of rotatable bonds is 2. The summed E-state index contributed by atoms with van der Waals surface area (Å²) in [5, 5.41) is 13.2. The van der Waals surface area contributed by atoms with Gasteiger partial charge in [0.25, 0.3) is 0 Å². The largest absolute Gasteiger partial charge is 0.393 e. The van der Waals surface area contributed by atoms with Crippen LogP contribution in [-0.4, -0.2) is 24.0 Å². The van der Waals surface area contributed by atoms with Crippen molar-refractivity contribution in [3.8, 4) is 0 Å². The molecule has 0 radical (unpaired) electrons. The number of aliphatic hydroxyl groups excluding tert-OH is 1. The molecule has 4 heteroatoms. The highest BCUT2D eigenvalue weighted by atomic mass is 35.5. The number of carbonyl (C=O) groups is 1. The van der Waals surface area contributed by atoms with E-state index in [1.54, 1.807) is 13.1 Å². The number of nitrogens with one attached hydrogen (secondary N) is 1. The quantitative estimate of drug-likeness (QED) is 0.846. The Bertz CT molecular complexity index is 435. The van der Waals surface area contributed by atoms with Crippen LogP contribution in [0.15, 0.2) is 24.3 Å². The molecular weight excluding hydrogens is 238 g/mol. The number of aliphatic hydroxyl groups is 1. The molecule has 0 spiro atoms. The number of likely N-dealkylation sites (N-methyl/N-ethyl adjacent to an activating group) is 1. The van der Waals surface area contributed by atoms with Crippen LogP contribution in [0.1, 0.15) is 24.8 Å². The van der Waals surface area contributed by atoms with Crippen LogP contribution in [0.25, 0.3) is 0 Å². The minimum atomic E-state index is -0.739. The summed E-state index contributed by atoms with van der Waals surface area (Å²) < 4.78 is 0. The predicted molar refractivity (Wildman–Crippen MR) is 67.1 cm³/mol. The van der Waals surface area contributed by atoms with Gasteiger partial charge in [0.2, 0.25) is 0 Å². The van der Waals surface area contributed by atoms with Crippen molar-refractivity contribution in [3.63, 3.8) is 0 Å². The molecule has 0 aliphatic heterocycles. The van der Waals surface area contributed by atoms with Gasteiger partial charge in [0.1, 0.15) is 5.54 Å². The summed E-state index contributed by atoms with van der Waals surface area (Å²) in [4.78, 5) is 12.2. The molecule has 1 aromatic rings.